The second-order valence-electron chi connectivity index (χ2n) is 7.23. The molecule has 1 saturated heterocycles. The van der Waals surface area contributed by atoms with Crippen LogP contribution in [0.1, 0.15) is 38.5 Å². The molecule has 1 heterocycles. The molecule has 1 aliphatic heterocycles. The van der Waals surface area contributed by atoms with E-state index in [9.17, 15) is 30.0 Å². The largest absolute Gasteiger partial charge is 0.480 e. The van der Waals surface area contributed by atoms with Crippen LogP contribution in [0.25, 0.3) is 0 Å². The fraction of sp³-hybridized carbons (Fsp3) is 0.889. The molecule has 0 aromatic heterocycles. The summed E-state index contributed by atoms with van der Waals surface area (Å²) in [5, 5.41) is 55.8. The first-order chi connectivity index (χ1) is 13.7. The van der Waals surface area contributed by atoms with Crippen LogP contribution < -0.4 is 0 Å². The second-order valence-corrected chi connectivity index (χ2v) is 7.23. The second kappa shape index (κ2) is 13.8. The lowest BCUT2D eigenvalue weighted by Gasteiger charge is -2.38. The summed E-state index contributed by atoms with van der Waals surface area (Å²) in [5.74, 6) is -2.09. The van der Waals surface area contributed by atoms with Crippen molar-refractivity contribution in [2.75, 3.05) is 32.8 Å². The molecule has 170 valence electrons. The minimum absolute atomic E-state index is 0.00893. The van der Waals surface area contributed by atoms with E-state index in [1.54, 1.807) is 0 Å². The zero-order chi connectivity index (χ0) is 21.8. The van der Waals surface area contributed by atoms with E-state index in [2.05, 4.69) is 0 Å². The van der Waals surface area contributed by atoms with Crippen molar-refractivity contribution in [2.24, 2.45) is 0 Å². The van der Waals surface area contributed by atoms with Crippen LogP contribution in [0.3, 0.4) is 0 Å². The predicted molar refractivity (Wildman–Crippen MR) is 99.1 cm³/mol. The van der Waals surface area contributed by atoms with Crippen molar-refractivity contribution in [3.63, 3.8) is 0 Å². The molecule has 0 aliphatic carbocycles. The molecule has 11 heteroatoms. The topological polar surface area (TPSA) is 177 Å². The standard InChI is InChI=1S/C18H33NO10/c20-13(21)9-19(10-14(22)23)7-5-3-1-2-4-6-8-28-11-12-15(24)16(25)17(26)18(27)29-12/h12,15-18,24-27H,1-11H2,(H,20,21)(H,22,23)/t12-,15-,16+,17-,18?/m1/s1. The van der Waals surface area contributed by atoms with Crippen LogP contribution >= 0.6 is 0 Å². The molecule has 0 saturated carbocycles. The van der Waals surface area contributed by atoms with Gasteiger partial charge in [0.2, 0.25) is 0 Å². The van der Waals surface area contributed by atoms with Crippen LogP contribution in [0.4, 0.5) is 0 Å². The Morgan fingerprint density at radius 2 is 1.34 bits per heavy atom. The van der Waals surface area contributed by atoms with Crippen LogP contribution in [-0.2, 0) is 19.1 Å². The molecule has 1 unspecified atom stereocenters. The van der Waals surface area contributed by atoms with Gasteiger partial charge >= 0.3 is 11.9 Å². The fourth-order valence-electron chi connectivity index (χ4n) is 3.11. The molecular weight excluding hydrogens is 390 g/mol. The van der Waals surface area contributed by atoms with Crippen LogP contribution in [0, 0.1) is 0 Å². The molecule has 5 atom stereocenters. The number of unbranched alkanes of at least 4 members (excludes halogenated alkanes) is 5. The van der Waals surface area contributed by atoms with Crippen molar-refractivity contribution in [1.29, 1.82) is 0 Å². The number of nitrogens with zero attached hydrogens (tertiary/aromatic N) is 1. The molecular formula is C18H33NO10. The highest BCUT2D eigenvalue weighted by Crippen LogP contribution is 2.20. The number of carboxylic acids is 2. The summed E-state index contributed by atoms with van der Waals surface area (Å²) in [6.45, 7) is 0.279. The van der Waals surface area contributed by atoms with E-state index in [0.29, 0.717) is 13.2 Å². The third-order valence-electron chi connectivity index (χ3n) is 4.70. The van der Waals surface area contributed by atoms with E-state index in [4.69, 9.17) is 19.7 Å². The van der Waals surface area contributed by atoms with Crippen molar-refractivity contribution in [2.45, 2.75) is 69.2 Å². The lowest BCUT2D eigenvalue weighted by atomic mass is 9.99. The van der Waals surface area contributed by atoms with Gasteiger partial charge in [-0.05, 0) is 19.4 Å². The first kappa shape index (κ1) is 25.7. The molecule has 1 aliphatic rings. The highest BCUT2D eigenvalue weighted by molar-refractivity contribution is 5.72. The van der Waals surface area contributed by atoms with Gasteiger partial charge in [-0.25, -0.2) is 0 Å². The summed E-state index contributed by atoms with van der Waals surface area (Å²) in [5.41, 5.74) is 0. The first-order valence-corrected chi connectivity index (χ1v) is 9.83. The zero-order valence-corrected chi connectivity index (χ0v) is 16.4. The van der Waals surface area contributed by atoms with Gasteiger partial charge in [-0.1, -0.05) is 25.7 Å². The summed E-state index contributed by atoms with van der Waals surface area (Å²) in [6, 6.07) is 0. The average Bonchev–Trinajstić information content (AvgIpc) is 2.64. The Bertz CT molecular complexity index is 475. The number of aliphatic hydroxyl groups is 4. The lowest BCUT2D eigenvalue weighted by molar-refractivity contribution is -0.288. The maximum atomic E-state index is 10.7. The summed E-state index contributed by atoms with van der Waals surface area (Å²) < 4.78 is 10.4. The SMILES string of the molecule is O=C(O)CN(CCCCCCCCOC[C@H]1OC(O)[C@H](O)[C@@H](O)[C@@H]1O)CC(=O)O. The molecule has 29 heavy (non-hydrogen) atoms. The molecule has 6 N–H and O–H groups in total. The van der Waals surface area contributed by atoms with E-state index in [1.807, 2.05) is 0 Å². The van der Waals surface area contributed by atoms with Gasteiger partial charge < -0.3 is 40.1 Å². The Hall–Kier alpha value is -1.34. The van der Waals surface area contributed by atoms with Gasteiger partial charge in [-0.3, -0.25) is 14.5 Å². The number of aliphatic hydroxyl groups excluding tert-OH is 4. The van der Waals surface area contributed by atoms with Gasteiger partial charge in [0.25, 0.3) is 0 Å². The van der Waals surface area contributed by atoms with E-state index >= 15 is 0 Å². The number of carbonyl (C=O) groups is 2. The summed E-state index contributed by atoms with van der Waals surface area (Å²) in [4.78, 5) is 22.8. The van der Waals surface area contributed by atoms with Gasteiger partial charge in [0.05, 0.1) is 19.7 Å². The fourth-order valence-corrected chi connectivity index (χ4v) is 3.11. The number of hydrogen-bond donors (Lipinski definition) is 6. The van der Waals surface area contributed by atoms with E-state index in [-0.39, 0.29) is 19.7 Å². The Morgan fingerprint density at radius 1 is 0.793 bits per heavy atom. The highest BCUT2D eigenvalue weighted by Gasteiger charge is 2.42. The number of hydrogen-bond acceptors (Lipinski definition) is 9. The first-order valence-electron chi connectivity index (χ1n) is 9.83. The quantitative estimate of drug-likeness (QED) is 0.171. The van der Waals surface area contributed by atoms with Crippen LogP contribution in [0.5, 0.6) is 0 Å². The van der Waals surface area contributed by atoms with Crippen LogP contribution in [-0.4, -0.2) is 111 Å². The molecule has 1 fully saturated rings. The van der Waals surface area contributed by atoms with Gasteiger partial charge in [0.15, 0.2) is 6.29 Å². The number of aliphatic carboxylic acids is 2. The smallest absolute Gasteiger partial charge is 0.317 e. The van der Waals surface area contributed by atoms with Crippen molar-refractivity contribution in [3.05, 3.63) is 0 Å². The maximum absolute atomic E-state index is 10.7. The van der Waals surface area contributed by atoms with E-state index < -0.39 is 42.6 Å². The van der Waals surface area contributed by atoms with Crippen molar-refractivity contribution >= 4 is 11.9 Å². The molecule has 0 bridgehead atoms. The van der Waals surface area contributed by atoms with E-state index in [0.717, 1.165) is 38.5 Å². The summed E-state index contributed by atoms with van der Waals surface area (Å²) in [6.07, 6.45) is -1.69. The summed E-state index contributed by atoms with van der Waals surface area (Å²) in [7, 11) is 0. The van der Waals surface area contributed by atoms with Gasteiger partial charge in [0.1, 0.15) is 24.4 Å². The minimum Gasteiger partial charge on any atom is -0.480 e. The predicted octanol–water partition coefficient (Wildman–Crippen LogP) is -1.39. The van der Waals surface area contributed by atoms with Gasteiger partial charge in [0, 0.05) is 6.61 Å². The van der Waals surface area contributed by atoms with E-state index in [1.165, 1.54) is 4.90 Å². The normalized spacial score (nSPS) is 27.3. The van der Waals surface area contributed by atoms with Gasteiger partial charge in [-0.15, -0.1) is 0 Å². The third kappa shape index (κ3) is 10.3. The van der Waals surface area contributed by atoms with Crippen LogP contribution in [0.2, 0.25) is 0 Å². The Labute approximate surface area is 169 Å². The molecule has 0 aromatic rings. The maximum Gasteiger partial charge on any atom is 0.317 e. The minimum atomic E-state index is -1.57. The molecule has 11 nitrogen and oxygen atoms in total. The van der Waals surface area contributed by atoms with Crippen molar-refractivity contribution in [1.82, 2.24) is 4.90 Å². The average molecular weight is 423 g/mol. The Balaban J connectivity index is 2.03. The molecule has 0 amide bonds. The number of ether oxygens (including phenoxy) is 2. The molecule has 0 radical (unpaired) electrons. The Morgan fingerprint density at radius 3 is 1.93 bits per heavy atom. The third-order valence-corrected chi connectivity index (χ3v) is 4.70. The lowest BCUT2D eigenvalue weighted by Crippen LogP contribution is -2.58. The number of carboxylic acid groups (broad SMARTS) is 2. The zero-order valence-electron chi connectivity index (χ0n) is 16.4. The van der Waals surface area contributed by atoms with Crippen molar-refractivity contribution in [3.8, 4) is 0 Å². The number of rotatable bonds is 15. The Kier molecular flexibility index (Phi) is 12.2. The van der Waals surface area contributed by atoms with Gasteiger partial charge in [-0.2, -0.15) is 0 Å². The molecule has 1 rings (SSSR count). The van der Waals surface area contributed by atoms with Crippen molar-refractivity contribution < 1.29 is 49.7 Å². The highest BCUT2D eigenvalue weighted by atomic mass is 16.6. The molecule has 0 spiro atoms. The van der Waals surface area contributed by atoms with Crippen LogP contribution in [0.15, 0.2) is 0 Å². The monoisotopic (exact) mass is 423 g/mol. The molecule has 0 aromatic carbocycles. The summed E-state index contributed by atoms with van der Waals surface area (Å²) >= 11 is 0.